The first-order valence-electron chi connectivity index (χ1n) is 7.25. The lowest BCUT2D eigenvalue weighted by molar-refractivity contribution is -0.119. The smallest absolute Gasteiger partial charge is 0.266 e. The van der Waals surface area contributed by atoms with Crippen molar-refractivity contribution in [2.24, 2.45) is 0 Å². The molecule has 0 radical (unpaired) electrons. The van der Waals surface area contributed by atoms with Crippen molar-refractivity contribution in [3.05, 3.63) is 78.5 Å². The molecule has 0 atom stereocenters. The summed E-state index contributed by atoms with van der Waals surface area (Å²) >= 11 is 0. The lowest BCUT2D eigenvalue weighted by atomic mass is 10.1. The topological polar surface area (TPSA) is 50.3 Å². The second kappa shape index (κ2) is 5.18. The lowest BCUT2D eigenvalue weighted by Gasteiger charge is -2.16. The van der Waals surface area contributed by atoms with Crippen LogP contribution in [0, 0.1) is 0 Å². The molecule has 4 rings (SSSR count). The number of aromatic nitrogens is 1. The third kappa shape index (κ3) is 2.12. The van der Waals surface area contributed by atoms with E-state index in [1.54, 1.807) is 12.3 Å². The van der Waals surface area contributed by atoms with Crippen LogP contribution < -0.4 is 4.90 Å². The van der Waals surface area contributed by atoms with Crippen molar-refractivity contribution in [2.75, 3.05) is 4.90 Å². The van der Waals surface area contributed by atoms with E-state index in [-0.39, 0.29) is 11.8 Å². The van der Waals surface area contributed by atoms with Gasteiger partial charge in [0, 0.05) is 17.7 Å². The SMILES string of the molecule is O=C1C=C(c2ccccc2)C(=O)N1c1cccc2cccnc12. The van der Waals surface area contributed by atoms with Crippen molar-refractivity contribution < 1.29 is 9.59 Å². The minimum Gasteiger partial charge on any atom is -0.269 e. The zero-order valence-corrected chi connectivity index (χ0v) is 12.1. The lowest BCUT2D eigenvalue weighted by Crippen LogP contribution is -2.30. The Morgan fingerprint density at radius 3 is 2.43 bits per heavy atom. The van der Waals surface area contributed by atoms with Crippen LogP contribution in [-0.4, -0.2) is 16.8 Å². The van der Waals surface area contributed by atoms with E-state index in [4.69, 9.17) is 0 Å². The third-order valence-electron chi connectivity index (χ3n) is 3.86. The quantitative estimate of drug-likeness (QED) is 0.683. The summed E-state index contributed by atoms with van der Waals surface area (Å²) in [5.41, 5.74) is 2.30. The Morgan fingerprint density at radius 2 is 1.61 bits per heavy atom. The number of hydrogen-bond acceptors (Lipinski definition) is 3. The highest BCUT2D eigenvalue weighted by Gasteiger charge is 2.34. The highest BCUT2D eigenvalue weighted by Crippen LogP contribution is 2.32. The van der Waals surface area contributed by atoms with Gasteiger partial charge in [-0.2, -0.15) is 0 Å². The van der Waals surface area contributed by atoms with E-state index in [1.165, 1.54) is 11.0 Å². The molecule has 1 aliphatic heterocycles. The average molecular weight is 300 g/mol. The molecule has 3 aromatic rings. The highest BCUT2D eigenvalue weighted by molar-refractivity contribution is 6.44. The molecular weight excluding hydrogens is 288 g/mol. The molecule has 0 saturated carbocycles. The summed E-state index contributed by atoms with van der Waals surface area (Å²) in [6, 6.07) is 18.4. The fourth-order valence-electron chi connectivity index (χ4n) is 2.79. The van der Waals surface area contributed by atoms with Gasteiger partial charge in [-0.15, -0.1) is 0 Å². The number of para-hydroxylation sites is 1. The molecule has 0 saturated heterocycles. The first kappa shape index (κ1) is 13.4. The Bertz CT molecular complexity index is 956. The van der Waals surface area contributed by atoms with E-state index < -0.39 is 0 Å². The maximum atomic E-state index is 12.8. The number of hydrogen-bond donors (Lipinski definition) is 0. The fourth-order valence-corrected chi connectivity index (χ4v) is 2.79. The first-order valence-corrected chi connectivity index (χ1v) is 7.25. The summed E-state index contributed by atoms with van der Waals surface area (Å²) in [5.74, 6) is -0.661. The maximum Gasteiger partial charge on any atom is 0.266 e. The number of pyridine rings is 1. The second-order valence-corrected chi connectivity index (χ2v) is 5.26. The summed E-state index contributed by atoms with van der Waals surface area (Å²) in [6.45, 7) is 0. The van der Waals surface area contributed by atoms with Crippen molar-refractivity contribution in [1.82, 2.24) is 4.98 Å². The molecule has 0 bridgehead atoms. The average Bonchev–Trinajstić information content (AvgIpc) is 2.90. The minimum atomic E-state index is -0.341. The predicted octanol–water partition coefficient (Wildman–Crippen LogP) is 3.19. The number of nitrogens with zero attached hydrogens (tertiary/aromatic N) is 2. The van der Waals surface area contributed by atoms with Crippen LogP contribution in [0.3, 0.4) is 0 Å². The number of anilines is 1. The molecular formula is C19H12N2O2. The maximum absolute atomic E-state index is 12.8. The van der Waals surface area contributed by atoms with Gasteiger partial charge >= 0.3 is 0 Å². The Balaban J connectivity index is 1.82. The van der Waals surface area contributed by atoms with E-state index in [0.29, 0.717) is 16.8 Å². The molecule has 23 heavy (non-hydrogen) atoms. The van der Waals surface area contributed by atoms with Crippen LogP contribution in [0.4, 0.5) is 5.69 Å². The summed E-state index contributed by atoms with van der Waals surface area (Å²) in [7, 11) is 0. The van der Waals surface area contributed by atoms with Gasteiger partial charge in [0.15, 0.2) is 0 Å². The van der Waals surface area contributed by atoms with Gasteiger partial charge in [0.2, 0.25) is 0 Å². The Labute approximate surface area is 132 Å². The fraction of sp³-hybridized carbons (Fsp3) is 0. The molecule has 0 unspecified atom stereocenters. The van der Waals surface area contributed by atoms with Gasteiger partial charge < -0.3 is 0 Å². The molecule has 2 aromatic carbocycles. The van der Waals surface area contributed by atoms with Crippen molar-refractivity contribution in [2.45, 2.75) is 0 Å². The number of amides is 2. The van der Waals surface area contributed by atoms with Crippen LogP contribution in [0.2, 0.25) is 0 Å². The van der Waals surface area contributed by atoms with E-state index in [2.05, 4.69) is 4.98 Å². The van der Waals surface area contributed by atoms with Crippen LogP contribution in [0.5, 0.6) is 0 Å². The molecule has 0 N–H and O–H groups in total. The van der Waals surface area contributed by atoms with Gasteiger partial charge in [-0.25, -0.2) is 4.90 Å². The van der Waals surface area contributed by atoms with Crippen molar-refractivity contribution in [1.29, 1.82) is 0 Å². The standard InChI is InChI=1S/C19H12N2O2/c22-17-12-15(13-6-2-1-3-7-13)19(23)21(17)16-10-4-8-14-9-5-11-20-18(14)16/h1-12H. The van der Waals surface area contributed by atoms with Crippen LogP contribution in [-0.2, 0) is 9.59 Å². The molecule has 1 aromatic heterocycles. The van der Waals surface area contributed by atoms with Gasteiger partial charge in [-0.05, 0) is 17.7 Å². The van der Waals surface area contributed by atoms with Crippen LogP contribution >= 0.6 is 0 Å². The second-order valence-electron chi connectivity index (χ2n) is 5.26. The Morgan fingerprint density at radius 1 is 0.826 bits per heavy atom. The molecule has 2 heterocycles. The molecule has 0 aliphatic carbocycles. The minimum absolute atomic E-state index is 0.320. The molecule has 0 fully saturated rings. The number of fused-ring (bicyclic) bond motifs is 1. The number of benzene rings is 2. The van der Waals surface area contributed by atoms with Crippen LogP contribution in [0.1, 0.15) is 5.56 Å². The van der Waals surface area contributed by atoms with Gasteiger partial charge in [-0.1, -0.05) is 48.5 Å². The van der Waals surface area contributed by atoms with E-state index in [9.17, 15) is 9.59 Å². The van der Waals surface area contributed by atoms with Crippen molar-refractivity contribution in [3.63, 3.8) is 0 Å². The Hall–Kier alpha value is -3.27. The van der Waals surface area contributed by atoms with Gasteiger partial charge in [-0.3, -0.25) is 14.6 Å². The highest BCUT2D eigenvalue weighted by atomic mass is 16.2. The number of carbonyl (C=O) groups excluding carboxylic acids is 2. The molecule has 1 aliphatic rings. The molecule has 0 spiro atoms. The largest absolute Gasteiger partial charge is 0.269 e. The normalized spacial score (nSPS) is 14.4. The van der Waals surface area contributed by atoms with E-state index in [0.717, 1.165) is 10.9 Å². The zero-order valence-electron chi connectivity index (χ0n) is 12.1. The third-order valence-corrected chi connectivity index (χ3v) is 3.86. The van der Waals surface area contributed by atoms with Crippen molar-refractivity contribution in [3.8, 4) is 0 Å². The molecule has 110 valence electrons. The summed E-state index contributed by atoms with van der Waals surface area (Å²) < 4.78 is 0. The number of carbonyl (C=O) groups is 2. The van der Waals surface area contributed by atoms with Crippen LogP contribution in [0.15, 0.2) is 72.9 Å². The van der Waals surface area contributed by atoms with Crippen molar-refractivity contribution >= 4 is 34.0 Å². The first-order chi connectivity index (χ1) is 11.3. The molecule has 2 amide bonds. The number of rotatable bonds is 2. The number of imide groups is 1. The monoisotopic (exact) mass is 300 g/mol. The van der Waals surface area contributed by atoms with Gasteiger partial charge in [0.05, 0.1) is 16.8 Å². The van der Waals surface area contributed by atoms with Gasteiger partial charge in [0.1, 0.15) is 0 Å². The van der Waals surface area contributed by atoms with Gasteiger partial charge in [0.25, 0.3) is 11.8 Å². The summed E-state index contributed by atoms with van der Waals surface area (Å²) in [6.07, 6.45) is 3.04. The van der Waals surface area contributed by atoms with Crippen LogP contribution in [0.25, 0.3) is 16.5 Å². The Kier molecular flexibility index (Phi) is 3.01. The summed E-state index contributed by atoms with van der Waals surface area (Å²) in [5, 5.41) is 0.888. The molecule has 4 nitrogen and oxygen atoms in total. The van der Waals surface area contributed by atoms with E-state index in [1.807, 2.05) is 54.6 Å². The predicted molar refractivity (Wildman–Crippen MR) is 88.7 cm³/mol. The van der Waals surface area contributed by atoms with E-state index >= 15 is 0 Å². The molecule has 4 heteroatoms. The summed E-state index contributed by atoms with van der Waals surface area (Å²) in [4.78, 5) is 30.7. The zero-order chi connectivity index (χ0) is 15.8.